The van der Waals surface area contributed by atoms with Gasteiger partial charge in [0.05, 0.1) is 0 Å². The summed E-state index contributed by atoms with van der Waals surface area (Å²) in [5.74, 6) is -0.0168. The van der Waals surface area contributed by atoms with E-state index < -0.39 is 8.24 Å². The maximum Gasteiger partial charge on any atom is 0.229 e. The molecule has 1 aromatic rings. The quantitative estimate of drug-likeness (QED) is 0.526. The SMILES string of the molecule is CC(C)[Si](C(C)C)(C(C)C)n1ccc(CCN2C(=O)CCCC2=O)c1. The van der Waals surface area contributed by atoms with Crippen molar-refractivity contribution in [3.8, 4) is 0 Å². The van der Waals surface area contributed by atoms with E-state index in [1.165, 1.54) is 10.5 Å². The summed E-state index contributed by atoms with van der Waals surface area (Å²) in [6.07, 6.45) is 7.00. The van der Waals surface area contributed by atoms with Crippen molar-refractivity contribution in [1.29, 1.82) is 0 Å². The third-order valence-electron chi connectivity index (χ3n) is 5.98. The molecule has 1 saturated heterocycles. The van der Waals surface area contributed by atoms with Crippen LogP contribution in [0.25, 0.3) is 0 Å². The normalized spacial score (nSPS) is 16.6. The number of carbonyl (C=O) groups is 2. The lowest BCUT2D eigenvalue weighted by molar-refractivity contribution is -0.147. The highest BCUT2D eigenvalue weighted by Crippen LogP contribution is 2.42. The first kappa shape index (κ1) is 20.0. The molecule has 2 rings (SSSR count). The van der Waals surface area contributed by atoms with Gasteiger partial charge in [-0.25, -0.2) is 0 Å². The van der Waals surface area contributed by atoms with Gasteiger partial charge in [0.2, 0.25) is 11.8 Å². The Morgan fingerprint density at radius 1 is 0.960 bits per heavy atom. The van der Waals surface area contributed by atoms with Crippen LogP contribution >= 0.6 is 0 Å². The molecule has 2 amide bonds. The lowest BCUT2D eigenvalue weighted by atomic mass is 10.1. The summed E-state index contributed by atoms with van der Waals surface area (Å²) in [5.41, 5.74) is 3.18. The monoisotopic (exact) mass is 362 g/mol. The molecule has 25 heavy (non-hydrogen) atoms. The van der Waals surface area contributed by atoms with Crippen molar-refractivity contribution in [2.24, 2.45) is 0 Å². The van der Waals surface area contributed by atoms with Crippen LogP contribution in [0.1, 0.15) is 66.4 Å². The molecule has 0 aliphatic carbocycles. The molecule has 0 bridgehead atoms. The molecule has 1 aromatic heterocycles. The summed E-state index contributed by atoms with van der Waals surface area (Å²) in [6.45, 7) is 14.7. The number of rotatable bonds is 7. The van der Waals surface area contributed by atoms with Crippen molar-refractivity contribution in [1.82, 2.24) is 9.13 Å². The van der Waals surface area contributed by atoms with Gasteiger partial charge < -0.3 is 4.23 Å². The number of hydrogen-bond acceptors (Lipinski definition) is 2. The number of amides is 2. The Bertz CT molecular complexity index is 581. The minimum absolute atomic E-state index is 0.00838. The number of imide groups is 1. The Morgan fingerprint density at radius 2 is 1.48 bits per heavy atom. The van der Waals surface area contributed by atoms with Crippen molar-refractivity contribution in [3.05, 3.63) is 24.0 Å². The number of carbonyl (C=O) groups excluding carboxylic acids is 2. The molecule has 0 radical (unpaired) electrons. The minimum atomic E-state index is -1.71. The first-order valence-corrected chi connectivity index (χ1v) is 11.9. The van der Waals surface area contributed by atoms with Crippen molar-refractivity contribution in [2.75, 3.05) is 6.54 Å². The second kappa shape index (κ2) is 7.90. The average Bonchev–Trinajstić information content (AvgIpc) is 2.95. The molecule has 140 valence electrons. The molecular weight excluding hydrogens is 328 g/mol. The maximum absolute atomic E-state index is 12.0. The van der Waals surface area contributed by atoms with Crippen LogP contribution in [-0.4, -0.2) is 35.7 Å². The van der Waals surface area contributed by atoms with Crippen LogP contribution in [0.2, 0.25) is 16.6 Å². The molecule has 4 nitrogen and oxygen atoms in total. The van der Waals surface area contributed by atoms with Crippen LogP contribution in [0, 0.1) is 0 Å². The van der Waals surface area contributed by atoms with Gasteiger partial charge in [0.25, 0.3) is 0 Å². The van der Waals surface area contributed by atoms with Gasteiger partial charge in [-0.1, -0.05) is 41.5 Å². The third-order valence-corrected chi connectivity index (χ3v) is 12.7. The van der Waals surface area contributed by atoms with Crippen molar-refractivity contribution >= 4 is 20.0 Å². The van der Waals surface area contributed by atoms with E-state index in [2.05, 4.69) is 64.2 Å². The summed E-state index contributed by atoms with van der Waals surface area (Å²) in [5, 5.41) is 0. The lowest BCUT2D eigenvalue weighted by Gasteiger charge is -2.44. The fourth-order valence-electron chi connectivity index (χ4n) is 5.01. The number of piperidine rings is 1. The number of likely N-dealkylation sites (tertiary alicyclic amines) is 1. The number of hydrogen-bond donors (Lipinski definition) is 0. The second-order valence-corrected chi connectivity index (χ2v) is 14.1. The molecule has 0 N–H and O–H groups in total. The highest BCUT2D eigenvalue weighted by molar-refractivity contribution is 6.82. The van der Waals surface area contributed by atoms with Gasteiger partial charge >= 0.3 is 0 Å². The summed E-state index contributed by atoms with van der Waals surface area (Å²) in [6, 6.07) is 2.17. The van der Waals surface area contributed by atoms with Crippen LogP contribution in [0.4, 0.5) is 0 Å². The molecule has 0 unspecified atom stereocenters. The smallest absolute Gasteiger partial charge is 0.229 e. The van der Waals surface area contributed by atoms with Gasteiger partial charge in [-0.2, -0.15) is 0 Å². The minimum Gasteiger partial charge on any atom is -0.379 e. The molecule has 0 atom stereocenters. The zero-order chi connectivity index (χ0) is 18.8. The maximum atomic E-state index is 12.0. The lowest BCUT2D eigenvalue weighted by Crippen LogP contribution is -2.51. The van der Waals surface area contributed by atoms with E-state index in [4.69, 9.17) is 0 Å². The summed E-state index contributed by atoms with van der Waals surface area (Å²) >= 11 is 0. The predicted octanol–water partition coefficient (Wildman–Crippen LogP) is 4.59. The molecule has 1 aliphatic heterocycles. The first-order valence-electron chi connectivity index (χ1n) is 9.71. The highest BCUT2D eigenvalue weighted by atomic mass is 28.3. The summed E-state index contributed by atoms with van der Waals surface area (Å²) < 4.78 is 2.52. The second-order valence-electron chi connectivity index (χ2n) is 8.32. The number of nitrogens with zero attached hydrogens (tertiary/aromatic N) is 2. The topological polar surface area (TPSA) is 42.3 Å². The van der Waals surface area contributed by atoms with E-state index >= 15 is 0 Å². The van der Waals surface area contributed by atoms with Gasteiger partial charge in [0.1, 0.15) is 0 Å². The van der Waals surface area contributed by atoms with Crippen LogP contribution < -0.4 is 0 Å². The van der Waals surface area contributed by atoms with E-state index in [1.54, 1.807) is 0 Å². The van der Waals surface area contributed by atoms with Crippen molar-refractivity contribution in [3.63, 3.8) is 0 Å². The van der Waals surface area contributed by atoms with Gasteiger partial charge in [0.15, 0.2) is 8.24 Å². The Balaban J connectivity index is 2.18. The van der Waals surface area contributed by atoms with Gasteiger partial charge in [-0.05, 0) is 53.5 Å². The molecule has 0 saturated carbocycles. The molecule has 5 heteroatoms. The molecule has 0 aromatic carbocycles. The standard InChI is InChI=1S/C20H34N2O2Si/c1-15(2)25(16(3)4,17(5)6)21-12-10-18(14-21)11-13-22-19(23)8-7-9-20(22)24/h10,12,14-17H,7-9,11,13H2,1-6H3. The predicted molar refractivity (Wildman–Crippen MR) is 105 cm³/mol. The first-order chi connectivity index (χ1) is 11.7. The zero-order valence-electron chi connectivity index (χ0n) is 16.7. The molecule has 1 aliphatic rings. The number of aromatic nitrogens is 1. The van der Waals surface area contributed by atoms with Crippen molar-refractivity contribution < 1.29 is 9.59 Å². The Kier molecular flexibility index (Phi) is 6.30. The van der Waals surface area contributed by atoms with Gasteiger partial charge in [-0.15, -0.1) is 0 Å². The van der Waals surface area contributed by atoms with Crippen LogP contribution in [0.5, 0.6) is 0 Å². The van der Waals surface area contributed by atoms with Gasteiger partial charge in [-0.3, -0.25) is 14.5 Å². The van der Waals surface area contributed by atoms with E-state index in [9.17, 15) is 9.59 Å². The van der Waals surface area contributed by atoms with Gasteiger partial charge in [0, 0.05) is 19.4 Å². The Morgan fingerprint density at radius 3 is 1.96 bits per heavy atom. The summed E-state index contributed by atoms with van der Waals surface area (Å²) in [7, 11) is -1.71. The largest absolute Gasteiger partial charge is 0.379 e. The van der Waals surface area contributed by atoms with Crippen LogP contribution in [-0.2, 0) is 16.0 Å². The zero-order valence-corrected chi connectivity index (χ0v) is 17.7. The molecule has 2 heterocycles. The van der Waals surface area contributed by atoms with Crippen LogP contribution in [0.3, 0.4) is 0 Å². The van der Waals surface area contributed by atoms with E-state index in [0.29, 0.717) is 42.4 Å². The molecular formula is C20H34N2O2Si. The molecule has 0 spiro atoms. The fourth-order valence-corrected chi connectivity index (χ4v) is 11.5. The summed E-state index contributed by atoms with van der Waals surface area (Å²) in [4.78, 5) is 25.4. The van der Waals surface area contributed by atoms with E-state index in [0.717, 1.165) is 6.42 Å². The average molecular weight is 363 g/mol. The Hall–Kier alpha value is -1.36. The van der Waals surface area contributed by atoms with E-state index in [1.807, 2.05) is 0 Å². The van der Waals surface area contributed by atoms with Crippen molar-refractivity contribution in [2.45, 2.75) is 83.8 Å². The van der Waals surface area contributed by atoms with E-state index in [-0.39, 0.29) is 11.8 Å². The molecule has 1 fully saturated rings. The van der Waals surface area contributed by atoms with Crippen LogP contribution in [0.15, 0.2) is 18.5 Å². The third kappa shape index (κ3) is 3.76. The highest BCUT2D eigenvalue weighted by Gasteiger charge is 2.44. The Labute approximate surface area is 153 Å². The fraction of sp³-hybridized carbons (Fsp3) is 0.700.